The first-order valence-electron chi connectivity index (χ1n) is 7.93. The van der Waals surface area contributed by atoms with E-state index in [1.54, 1.807) is 11.3 Å². The van der Waals surface area contributed by atoms with Crippen molar-refractivity contribution in [1.29, 1.82) is 0 Å². The number of halogens is 1. The van der Waals surface area contributed by atoms with E-state index in [0.29, 0.717) is 0 Å². The lowest BCUT2D eigenvalue weighted by molar-refractivity contribution is 0.798. The van der Waals surface area contributed by atoms with Crippen molar-refractivity contribution in [2.24, 2.45) is 4.99 Å². The summed E-state index contributed by atoms with van der Waals surface area (Å²) in [5.41, 5.74) is 4.39. The summed E-state index contributed by atoms with van der Waals surface area (Å²) < 4.78 is 0. The van der Waals surface area contributed by atoms with Crippen molar-refractivity contribution in [3.05, 3.63) is 57.3 Å². The Hall–Kier alpha value is -1.08. The Kier molecular flexibility index (Phi) is 7.36. The van der Waals surface area contributed by atoms with Gasteiger partial charge in [0.1, 0.15) is 0 Å². The zero-order valence-electron chi connectivity index (χ0n) is 13.5. The quantitative estimate of drug-likeness (QED) is 0.421. The predicted molar refractivity (Wildman–Crippen MR) is 110 cm³/mol. The lowest BCUT2D eigenvalue weighted by atomic mass is 10.1. The number of thiophene rings is 1. The molecule has 0 atom stereocenters. The van der Waals surface area contributed by atoms with Crippen LogP contribution in [0.1, 0.15) is 28.0 Å². The average Bonchev–Trinajstić information content (AvgIpc) is 3.21. The Morgan fingerprint density at radius 3 is 2.83 bits per heavy atom. The topological polar surface area (TPSA) is 36.4 Å². The highest BCUT2D eigenvalue weighted by molar-refractivity contribution is 14.0. The number of fused-ring (bicyclic) bond motifs is 1. The SMILES string of the molecule is CN=C(NCCc1cccs1)NCc1ccc2c(c1)CCC2.I. The largest absolute Gasteiger partial charge is 0.356 e. The van der Waals surface area contributed by atoms with E-state index in [1.165, 1.54) is 40.8 Å². The monoisotopic (exact) mass is 441 g/mol. The van der Waals surface area contributed by atoms with Gasteiger partial charge < -0.3 is 10.6 Å². The Balaban J connectivity index is 0.00000192. The molecule has 0 bridgehead atoms. The maximum Gasteiger partial charge on any atom is 0.191 e. The summed E-state index contributed by atoms with van der Waals surface area (Å²) in [5.74, 6) is 0.872. The van der Waals surface area contributed by atoms with Crippen LogP contribution >= 0.6 is 35.3 Å². The molecule has 0 spiro atoms. The molecule has 1 aliphatic carbocycles. The molecule has 124 valence electrons. The summed E-state index contributed by atoms with van der Waals surface area (Å²) in [4.78, 5) is 5.70. The molecule has 3 rings (SSSR count). The van der Waals surface area contributed by atoms with Gasteiger partial charge in [-0.3, -0.25) is 4.99 Å². The molecule has 0 amide bonds. The number of nitrogens with one attached hydrogen (secondary N) is 2. The number of nitrogens with zero attached hydrogens (tertiary/aromatic N) is 1. The Morgan fingerprint density at radius 2 is 2.04 bits per heavy atom. The second-order valence-corrected chi connectivity index (χ2v) is 6.67. The number of rotatable bonds is 5. The number of guanidine groups is 1. The minimum absolute atomic E-state index is 0. The molecule has 0 saturated heterocycles. The summed E-state index contributed by atoms with van der Waals surface area (Å²) >= 11 is 1.80. The van der Waals surface area contributed by atoms with E-state index < -0.39 is 0 Å². The van der Waals surface area contributed by atoms with E-state index in [4.69, 9.17) is 0 Å². The second-order valence-electron chi connectivity index (χ2n) is 5.64. The maximum atomic E-state index is 4.29. The van der Waals surface area contributed by atoms with Crippen LogP contribution in [-0.4, -0.2) is 19.6 Å². The summed E-state index contributed by atoms with van der Waals surface area (Å²) in [5, 5.41) is 8.90. The molecule has 5 heteroatoms. The second kappa shape index (κ2) is 9.27. The Bertz CT molecular complexity index is 638. The molecule has 0 radical (unpaired) electrons. The van der Waals surface area contributed by atoms with Crippen LogP contribution in [0.4, 0.5) is 0 Å². The fourth-order valence-corrected chi connectivity index (χ4v) is 3.61. The van der Waals surface area contributed by atoms with Crippen molar-refractivity contribution >= 4 is 41.3 Å². The first-order chi connectivity index (χ1) is 10.8. The number of hydrogen-bond donors (Lipinski definition) is 2. The number of hydrogen-bond acceptors (Lipinski definition) is 2. The standard InChI is InChI=1S/C18H23N3S.HI/c1-19-18(20-10-9-17-6-3-11-22-17)21-13-14-7-8-15-4-2-5-16(15)12-14;/h3,6-8,11-12H,2,4-5,9-10,13H2,1H3,(H2,19,20,21);1H. The van der Waals surface area contributed by atoms with Gasteiger partial charge in [0.25, 0.3) is 0 Å². The third-order valence-electron chi connectivity index (χ3n) is 4.09. The van der Waals surface area contributed by atoms with Gasteiger partial charge in [-0.2, -0.15) is 0 Å². The molecular weight excluding hydrogens is 417 g/mol. The van der Waals surface area contributed by atoms with Crippen LogP contribution in [-0.2, 0) is 25.8 Å². The number of aryl methyl sites for hydroxylation is 2. The average molecular weight is 441 g/mol. The van der Waals surface area contributed by atoms with Crippen LogP contribution < -0.4 is 10.6 Å². The normalized spacial score (nSPS) is 13.3. The van der Waals surface area contributed by atoms with Gasteiger partial charge in [-0.1, -0.05) is 24.3 Å². The van der Waals surface area contributed by atoms with E-state index in [0.717, 1.165) is 25.5 Å². The maximum absolute atomic E-state index is 4.29. The highest BCUT2D eigenvalue weighted by Crippen LogP contribution is 2.22. The zero-order chi connectivity index (χ0) is 15.2. The first-order valence-corrected chi connectivity index (χ1v) is 8.80. The molecule has 0 unspecified atom stereocenters. The molecule has 1 heterocycles. The smallest absolute Gasteiger partial charge is 0.191 e. The lowest BCUT2D eigenvalue weighted by Crippen LogP contribution is -2.37. The Morgan fingerprint density at radius 1 is 1.17 bits per heavy atom. The van der Waals surface area contributed by atoms with Crippen molar-refractivity contribution < 1.29 is 0 Å². The summed E-state index contributed by atoms with van der Waals surface area (Å²) in [6, 6.07) is 11.1. The molecule has 1 aromatic heterocycles. The molecule has 2 aromatic rings. The highest BCUT2D eigenvalue weighted by Gasteiger charge is 2.10. The molecule has 0 fully saturated rings. The van der Waals surface area contributed by atoms with E-state index in [-0.39, 0.29) is 24.0 Å². The third kappa shape index (κ3) is 5.21. The van der Waals surface area contributed by atoms with Crippen molar-refractivity contribution in [2.75, 3.05) is 13.6 Å². The minimum Gasteiger partial charge on any atom is -0.356 e. The van der Waals surface area contributed by atoms with Gasteiger partial charge in [0, 0.05) is 25.0 Å². The third-order valence-corrected chi connectivity index (χ3v) is 5.03. The summed E-state index contributed by atoms with van der Waals surface area (Å²) in [6.07, 6.45) is 4.82. The van der Waals surface area contributed by atoms with Crippen LogP contribution in [0.2, 0.25) is 0 Å². The predicted octanol–water partition coefficient (Wildman–Crippen LogP) is 3.76. The fourth-order valence-electron chi connectivity index (χ4n) is 2.90. The molecule has 3 nitrogen and oxygen atoms in total. The molecule has 0 saturated carbocycles. The van der Waals surface area contributed by atoms with Crippen molar-refractivity contribution in [1.82, 2.24) is 10.6 Å². The van der Waals surface area contributed by atoms with E-state index in [9.17, 15) is 0 Å². The van der Waals surface area contributed by atoms with Gasteiger partial charge in [0.15, 0.2) is 5.96 Å². The lowest BCUT2D eigenvalue weighted by Gasteiger charge is -2.12. The van der Waals surface area contributed by atoms with Gasteiger partial charge in [0.2, 0.25) is 0 Å². The van der Waals surface area contributed by atoms with Crippen LogP contribution in [0.5, 0.6) is 0 Å². The van der Waals surface area contributed by atoms with Gasteiger partial charge in [-0.25, -0.2) is 0 Å². The van der Waals surface area contributed by atoms with Crippen molar-refractivity contribution in [3.8, 4) is 0 Å². The molecule has 0 aliphatic heterocycles. The van der Waals surface area contributed by atoms with Gasteiger partial charge in [-0.05, 0) is 53.8 Å². The first kappa shape index (κ1) is 18.3. The number of benzene rings is 1. The van der Waals surface area contributed by atoms with Gasteiger partial charge in [-0.15, -0.1) is 35.3 Å². The summed E-state index contributed by atoms with van der Waals surface area (Å²) in [7, 11) is 1.82. The van der Waals surface area contributed by atoms with Crippen LogP contribution in [0.15, 0.2) is 40.7 Å². The van der Waals surface area contributed by atoms with Crippen LogP contribution in [0, 0.1) is 0 Å². The van der Waals surface area contributed by atoms with Crippen molar-refractivity contribution in [3.63, 3.8) is 0 Å². The number of aliphatic imine (C=N–C) groups is 1. The van der Waals surface area contributed by atoms with E-state index in [1.807, 2.05) is 7.05 Å². The van der Waals surface area contributed by atoms with Gasteiger partial charge in [0.05, 0.1) is 0 Å². The van der Waals surface area contributed by atoms with Crippen LogP contribution in [0.25, 0.3) is 0 Å². The van der Waals surface area contributed by atoms with Crippen LogP contribution in [0.3, 0.4) is 0 Å². The van der Waals surface area contributed by atoms with Gasteiger partial charge >= 0.3 is 0 Å². The zero-order valence-corrected chi connectivity index (χ0v) is 16.6. The molecule has 1 aliphatic rings. The Labute approximate surface area is 159 Å². The van der Waals surface area contributed by atoms with E-state index in [2.05, 4.69) is 51.3 Å². The van der Waals surface area contributed by atoms with Crippen molar-refractivity contribution in [2.45, 2.75) is 32.2 Å². The minimum atomic E-state index is 0. The molecule has 1 aromatic carbocycles. The fraction of sp³-hybridized carbons (Fsp3) is 0.389. The molecular formula is C18H24IN3S. The van der Waals surface area contributed by atoms with E-state index >= 15 is 0 Å². The molecule has 23 heavy (non-hydrogen) atoms. The molecule has 2 N–H and O–H groups in total. The summed E-state index contributed by atoms with van der Waals surface area (Å²) in [6.45, 7) is 1.73. The highest BCUT2D eigenvalue weighted by atomic mass is 127.